The maximum absolute atomic E-state index is 12.5. The van der Waals surface area contributed by atoms with Crippen LogP contribution < -0.4 is 5.73 Å². The van der Waals surface area contributed by atoms with E-state index in [0.29, 0.717) is 0 Å². The van der Waals surface area contributed by atoms with Crippen LogP contribution in [-0.2, 0) is 11.2 Å². The molecule has 0 unspecified atom stereocenters. The molecule has 0 aromatic heterocycles. The Morgan fingerprint density at radius 1 is 1.25 bits per heavy atom. The summed E-state index contributed by atoms with van der Waals surface area (Å²) in [5.41, 5.74) is 6.57. The summed E-state index contributed by atoms with van der Waals surface area (Å²) >= 11 is 0. The molecule has 1 aromatic rings. The topological polar surface area (TPSA) is 46.3 Å². The monoisotopic (exact) mass is 288 g/mol. The molecule has 0 aliphatic rings. The van der Waals surface area contributed by atoms with E-state index in [1.165, 1.54) is 0 Å². The third kappa shape index (κ3) is 5.21. The summed E-state index contributed by atoms with van der Waals surface area (Å²) in [5.74, 6) is -0.679. The lowest BCUT2D eigenvalue weighted by atomic mass is 10.1. The first-order valence-corrected chi connectivity index (χ1v) is 6.37. The minimum atomic E-state index is -4.42. The van der Waals surface area contributed by atoms with E-state index in [9.17, 15) is 18.0 Å². The zero-order valence-electron chi connectivity index (χ0n) is 11.5. The van der Waals surface area contributed by atoms with Gasteiger partial charge in [0, 0.05) is 6.04 Å². The molecule has 0 heterocycles. The van der Waals surface area contributed by atoms with Gasteiger partial charge in [0.25, 0.3) is 0 Å². The van der Waals surface area contributed by atoms with Gasteiger partial charge >= 0.3 is 6.18 Å². The van der Waals surface area contributed by atoms with Crippen molar-refractivity contribution in [1.82, 2.24) is 4.90 Å². The number of nitrogens with zero attached hydrogens (tertiary/aromatic N) is 1. The number of nitrogens with two attached hydrogens (primary N) is 1. The van der Waals surface area contributed by atoms with E-state index >= 15 is 0 Å². The van der Waals surface area contributed by atoms with Gasteiger partial charge in [-0.15, -0.1) is 0 Å². The van der Waals surface area contributed by atoms with Crippen LogP contribution in [0.25, 0.3) is 0 Å². The Morgan fingerprint density at radius 3 is 2.25 bits per heavy atom. The van der Waals surface area contributed by atoms with Gasteiger partial charge in [0.2, 0.25) is 5.91 Å². The van der Waals surface area contributed by atoms with Gasteiger partial charge in [0.05, 0.1) is 6.04 Å². The van der Waals surface area contributed by atoms with Crippen LogP contribution in [-0.4, -0.2) is 35.6 Å². The fourth-order valence-electron chi connectivity index (χ4n) is 1.88. The predicted octanol–water partition coefficient (Wildman–Crippen LogP) is 2.36. The van der Waals surface area contributed by atoms with Crippen LogP contribution >= 0.6 is 0 Å². The average Bonchev–Trinajstić information content (AvgIpc) is 2.35. The lowest BCUT2D eigenvalue weighted by molar-refractivity contribution is -0.165. The highest BCUT2D eigenvalue weighted by Gasteiger charge is 2.35. The lowest BCUT2D eigenvalue weighted by Crippen LogP contribution is -2.51. The maximum atomic E-state index is 12.5. The van der Waals surface area contributed by atoms with Crippen LogP contribution in [0, 0.1) is 0 Å². The molecule has 2 N–H and O–H groups in total. The van der Waals surface area contributed by atoms with Crippen LogP contribution in [0.1, 0.15) is 19.4 Å². The normalized spacial score (nSPS) is 13.3. The highest BCUT2D eigenvalue weighted by molar-refractivity contribution is 5.82. The summed E-state index contributed by atoms with van der Waals surface area (Å²) in [6.07, 6.45) is -4.20. The first-order chi connectivity index (χ1) is 9.20. The Hall–Kier alpha value is -1.56. The zero-order valence-corrected chi connectivity index (χ0v) is 11.5. The second-order valence-electron chi connectivity index (χ2n) is 4.97. The summed E-state index contributed by atoms with van der Waals surface area (Å²) in [6, 6.07) is 7.46. The van der Waals surface area contributed by atoms with Crippen LogP contribution in [0.5, 0.6) is 0 Å². The van der Waals surface area contributed by atoms with E-state index in [2.05, 4.69) is 0 Å². The molecule has 0 aliphatic carbocycles. The second kappa shape index (κ2) is 6.74. The van der Waals surface area contributed by atoms with Gasteiger partial charge in [-0.3, -0.25) is 4.79 Å². The molecule has 3 nitrogen and oxygen atoms in total. The fourth-order valence-corrected chi connectivity index (χ4v) is 1.88. The Kier molecular flexibility index (Phi) is 5.56. The highest BCUT2D eigenvalue weighted by atomic mass is 19.4. The third-order valence-electron chi connectivity index (χ3n) is 2.87. The van der Waals surface area contributed by atoms with Gasteiger partial charge in [-0.2, -0.15) is 13.2 Å². The van der Waals surface area contributed by atoms with Crippen LogP contribution in [0.3, 0.4) is 0 Å². The number of hydrogen-bond acceptors (Lipinski definition) is 2. The molecule has 6 heteroatoms. The number of halogens is 3. The molecule has 1 rings (SSSR count). The molecule has 0 radical (unpaired) electrons. The molecular weight excluding hydrogens is 269 g/mol. The molecule has 0 aliphatic heterocycles. The maximum Gasteiger partial charge on any atom is 0.406 e. The van der Waals surface area contributed by atoms with Gasteiger partial charge in [-0.1, -0.05) is 30.3 Å². The Balaban J connectivity index is 2.74. The quantitative estimate of drug-likeness (QED) is 0.904. The first-order valence-electron chi connectivity index (χ1n) is 6.37. The van der Waals surface area contributed by atoms with Gasteiger partial charge < -0.3 is 10.6 Å². The largest absolute Gasteiger partial charge is 0.406 e. The van der Waals surface area contributed by atoms with Crippen molar-refractivity contribution < 1.29 is 18.0 Å². The molecular formula is C14H19F3N2O. The minimum Gasteiger partial charge on any atom is -0.330 e. The second-order valence-corrected chi connectivity index (χ2v) is 4.97. The van der Waals surface area contributed by atoms with Gasteiger partial charge in [0.1, 0.15) is 6.54 Å². The zero-order chi connectivity index (χ0) is 15.3. The first kappa shape index (κ1) is 16.5. The number of benzene rings is 1. The molecule has 0 bridgehead atoms. The van der Waals surface area contributed by atoms with E-state index in [1.54, 1.807) is 38.1 Å². The lowest BCUT2D eigenvalue weighted by Gasteiger charge is -2.30. The molecule has 0 fully saturated rings. The standard InChI is InChI=1S/C14H19F3N2O/c1-10(2)19(9-14(15,16)17)13(20)12(18)8-11-6-4-3-5-7-11/h3-7,10,12H,8-9,18H2,1-2H3/t12-/m0/s1. The molecule has 1 amide bonds. The van der Waals surface area contributed by atoms with Crippen molar-refractivity contribution in [2.75, 3.05) is 6.54 Å². The predicted molar refractivity (Wildman–Crippen MR) is 71.0 cm³/mol. The highest BCUT2D eigenvalue weighted by Crippen LogP contribution is 2.19. The third-order valence-corrected chi connectivity index (χ3v) is 2.87. The molecule has 20 heavy (non-hydrogen) atoms. The number of alkyl halides is 3. The molecule has 0 spiro atoms. The fraction of sp³-hybridized carbons (Fsp3) is 0.500. The van der Waals surface area contributed by atoms with E-state index in [-0.39, 0.29) is 6.42 Å². The summed E-state index contributed by atoms with van der Waals surface area (Å²) in [5, 5.41) is 0. The number of rotatable bonds is 5. The molecule has 1 atom stereocenters. The van der Waals surface area contributed by atoms with Gasteiger partial charge in [0.15, 0.2) is 0 Å². The van der Waals surface area contributed by atoms with Gasteiger partial charge in [-0.05, 0) is 25.8 Å². The van der Waals surface area contributed by atoms with Crippen molar-refractivity contribution in [2.24, 2.45) is 5.73 Å². The van der Waals surface area contributed by atoms with E-state index in [4.69, 9.17) is 5.73 Å². The number of carbonyl (C=O) groups is 1. The van der Waals surface area contributed by atoms with Crippen molar-refractivity contribution in [3.63, 3.8) is 0 Å². The number of carbonyl (C=O) groups excluding carboxylic acids is 1. The summed E-state index contributed by atoms with van der Waals surface area (Å²) in [6.45, 7) is 1.81. The Labute approximate surface area is 116 Å². The number of hydrogen-bond donors (Lipinski definition) is 1. The summed E-state index contributed by atoms with van der Waals surface area (Å²) in [7, 11) is 0. The van der Waals surface area contributed by atoms with E-state index in [1.807, 2.05) is 6.07 Å². The smallest absolute Gasteiger partial charge is 0.330 e. The van der Waals surface area contributed by atoms with Crippen molar-refractivity contribution in [3.05, 3.63) is 35.9 Å². The molecule has 112 valence electrons. The van der Waals surface area contributed by atoms with Crippen molar-refractivity contribution in [2.45, 2.75) is 38.5 Å². The molecule has 0 saturated heterocycles. The van der Waals surface area contributed by atoms with Crippen LogP contribution in [0.4, 0.5) is 13.2 Å². The minimum absolute atomic E-state index is 0.223. The molecule has 0 saturated carbocycles. The van der Waals surface area contributed by atoms with Crippen molar-refractivity contribution >= 4 is 5.91 Å². The Bertz CT molecular complexity index is 432. The van der Waals surface area contributed by atoms with Crippen LogP contribution in [0.15, 0.2) is 30.3 Å². The van der Waals surface area contributed by atoms with Crippen molar-refractivity contribution in [1.29, 1.82) is 0 Å². The molecule has 1 aromatic carbocycles. The SMILES string of the molecule is CC(C)N(CC(F)(F)F)C(=O)[C@@H](N)Cc1ccccc1. The number of amides is 1. The summed E-state index contributed by atoms with van der Waals surface area (Å²) < 4.78 is 37.4. The average molecular weight is 288 g/mol. The van der Waals surface area contributed by atoms with E-state index < -0.39 is 30.7 Å². The Morgan fingerprint density at radius 2 is 1.80 bits per heavy atom. The summed E-state index contributed by atoms with van der Waals surface area (Å²) in [4.78, 5) is 12.8. The van der Waals surface area contributed by atoms with Crippen LogP contribution in [0.2, 0.25) is 0 Å². The van der Waals surface area contributed by atoms with Crippen molar-refractivity contribution in [3.8, 4) is 0 Å². The van der Waals surface area contributed by atoms with Gasteiger partial charge in [-0.25, -0.2) is 0 Å². The van der Waals surface area contributed by atoms with E-state index in [0.717, 1.165) is 10.5 Å².